The molecular weight excluding hydrogens is 292 g/mol. The van der Waals surface area contributed by atoms with Gasteiger partial charge in [-0.05, 0) is 36.0 Å². The van der Waals surface area contributed by atoms with Crippen molar-refractivity contribution in [2.75, 3.05) is 26.2 Å². The van der Waals surface area contributed by atoms with Gasteiger partial charge in [0.1, 0.15) is 32.7 Å². The summed E-state index contributed by atoms with van der Waals surface area (Å²) in [5.74, 6) is 2.16. The number of nitrogens with one attached hydrogen (secondary N) is 2. The highest BCUT2D eigenvalue weighted by molar-refractivity contribution is 5.85. The molecule has 3 atom stereocenters. The predicted molar refractivity (Wildman–Crippen MR) is 98.3 cm³/mol. The van der Waals surface area contributed by atoms with Gasteiger partial charge in [-0.2, -0.15) is 0 Å². The molecule has 0 amide bonds. The van der Waals surface area contributed by atoms with Gasteiger partial charge in [-0.25, -0.2) is 0 Å². The lowest BCUT2D eigenvalue weighted by atomic mass is 9.93. The molecule has 1 saturated heterocycles. The Kier molecular flexibility index (Phi) is 3.83. The summed E-state index contributed by atoms with van der Waals surface area (Å²) in [4.78, 5) is 3.74. The highest BCUT2D eigenvalue weighted by Crippen LogP contribution is 2.43. The van der Waals surface area contributed by atoms with E-state index in [4.69, 9.17) is 0 Å². The first kappa shape index (κ1) is 14.9. The Hall–Kier alpha value is -1.38. The topological polar surface area (TPSA) is 8.88 Å². The summed E-state index contributed by atoms with van der Waals surface area (Å²) >= 11 is 0. The lowest BCUT2D eigenvalue weighted by Gasteiger charge is -2.36. The maximum absolute atomic E-state index is 2.34. The summed E-state index contributed by atoms with van der Waals surface area (Å²) < 4.78 is 0. The number of hydrogen-bond donors (Lipinski definition) is 2. The third-order valence-electron chi connectivity index (χ3n) is 7.18. The largest absolute Gasteiger partial charge is 0.323 e. The van der Waals surface area contributed by atoms with Crippen LogP contribution in [-0.2, 0) is 6.54 Å². The summed E-state index contributed by atoms with van der Waals surface area (Å²) in [6.45, 7) is 6.70. The maximum atomic E-state index is 2.34. The van der Waals surface area contributed by atoms with Gasteiger partial charge in [0, 0.05) is 17.9 Å². The van der Waals surface area contributed by atoms with Gasteiger partial charge in [0.25, 0.3) is 0 Å². The molecule has 0 radical (unpaired) electrons. The van der Waals surface area contributed by atoms with E-state index < -0.39 is 0 Å². The SMILES string of the molecule is c1ccc2c(C[NH+]3CC[NH+]([C@@H]4C[C@H]5CC[C@@H]4C5)CC3)cccc2c1. The van der Waals surface area contributed by atoms with Crippen LogP contribution in [0.15, 0.2) is 42.5 Å². The molecule has 2 N–H and O–H groups in total. The summed E-state index contributed by atoms with van der Waals surface area (Å²) in [6, 6.07) is 16.7. The molecule has 3 fully saturated rings. The minimum atomic E-state index is 1.02. The van der Waals surface area contributed by atoms with Crippen LogP contribution in [0.4, 0.5) is 0 Å². The predicted octanol–water partition coefficient (Wildman–Crippen LogP) is 1.31. The molecule has 2 saturated carbocycles. The summed E-state index contributed by atoms with van der Waals surface area (Å²) in [6.07, 6.45) is 6.16. The van der Waals surface area contributed by atoms with E-state index in [9.17, 15) is 0 Å². The Morgan fingerprint density at radius 1 is 0.833 bits per heavy atom. The molecule has 0 unspecified atom stereocenters. The van der Waals surface area contributed by atoms with Gasteiger partial charge < -0.3 is 9.80 Å². The second-order valence-corrected chi connectivity index (χ2v) is 8.50. The zero-order valence-corrected chi connectivity index (χ0v) is 14.6. The second kappa shape index (κ2) is 6.16. The maximum Gasteiger partial charge on any atom is 0.127 e. The third kappa shape index (κ3) is 2.66. The van der Waals surface area contributed by atoms with Crippen LogP contribution in [0.25, 0.3) is 10.8 Å². The van der Waals surface area contributed by atoms with Gasteiger partial charge in [-0.3, -0.25) is 0 Å². The van der Waals surface area contributed by atoms with Crippen LogP contribution < -0.4 is 9.80 Å². The number of rotatable bonds is 3. The molecule has 2 nitrogen and oxygen atoms in total. The summed E-state index contributed by atoms with van der Waals surface area (Å²) in [5.41, 5.74) is 1.53. The molecule has 1 aliphatic heterocycles. The quantitative estimate of drug-likeness (QED) is 0.843. The van der Waals surface area contributed by atoms with E-state index >= 15 is 0 Å². The van der Waals surface area contributed by atoms with Crippen molar-refractivity contribution in [2.24, 2.45) is 11.8 Å². The highest BCUT2D eigenvalue weighted by Gasteiger charge is 2.46. The minimum absolute atomic E-state index is 1.02. The second-order valence-electron chi connectivity index (χ2n) is 8.50. The highest BCUT2D eigenvalue weighted by atomic mass is 15.3. The van der Waals surface area contributed by atoms with Crippen molar-refractivity contribution >= 4 is 10.8 Å². The van der Waals surface area contributed by atoms with Crippen LogP contribution >= 0.6 is 0 Å². The standard InChI is InChI=1S/C22H28N2/c1-2-7-21-18(4-1)5-3-6-20(21)16-23-10-12-24(13-11-23)22-15-17-8-9-19(22)14-17/h1-7,17,19,22H,8-16H2/p+2/t17-,19+,22+/m0/s1. The van der Waals surface area contributed by atoms with E-state index in [0.717, 1.165) is 17.9 Å². The molecule has 2 aromatic carbocycles. The van der Waals surface area contributed by atoms with E-state index in [2.05, 4.69) is 42.5 Å². The molecule has 126 valence electrons. The Bertz CT molecular complexity index is 711. The van der Waals surface area contributed by atoms with Crippen molar-refractivity contribution in [3.8, 4) is 0 Å². The van der Waals surface area contributed by atoms with E-state index in [1.165, 1.54) is 61.9 Å². The van der Waals surface area contributed by atoms with Gasteiger partial charge in [-0.1, -0.05) is 42.5 Å². The third-order valence-corrected chi connectivity index (χ3v) is 7.18. The number of quaternary nitrogens is 2. The van der Waals surface area contributed by atoms with Crippen molar-refractivity contribution in [1.29, 1.82) is 0 Å². The fourth-order valence-electron chi connectivity index (χ4n) is 5.93. The lowest BCUT2D eigenvalue weighted by Crippen LogP contribution is -3.29. The monoisotopic (exact) mass is 322 g/mol. The Morgan fingerprint density at radius 3 is 2.46 bits per heavy atom. The molecule has 24 heavy (non-hydrogen) atoms. The van der Waals surface area contributed by atoms with Crippen LogP contribution in [-0.4, -0.2) is 32.2 Å². The van der Waals surface area contributed by atoms with Crippen molar-refractivity contribution in [3.05, 3.63) is 48.0 Å². The van der Waals surface area contributed by atoms with Crippen LogP contribution in [0.1, 0.15) is 31.2 Å². The molecule has 3 aliphatic rings. The first-order chi connectivity index (χ1) is 11.9. The summed E-state index contributed by atoms with van der Waals surface area (Å²) in [7, 11) is 0. The zero-order valence-electron chi connectivity index (χ0n) is 14.6. The average Bonchev–Trinajstić information content (AvgIpc) is 3.26. The smallest absolute Gasteiger partial charge is 0.127 e. The molecular formula is C22H30N2+2. The summed E-state index contributed by atoms with van der Waals surface area (Å²) in [5, 5.41) is 2.84. The zero-order chi connectivity index (χ0) is 15.9. The molecule has 5 rings (SSSR count). The first-order valence-corrected chi connectivity index (χ1v) is 10.0. The number of fused-ring (bicyclic) bond motifs is 3. The molecule has 2 aliphatic carbocycles. The first-order valence-electron chi connectivity index (χ1n) is 10.0. The van der Waals surface area contributed by atoms with E-state index in [0.29, 0.717) is 0 Å². The fourth-order valence-corrected chi connectivity index (χ4v) is 5.93. The Labute approximate surface area is 145 Å². The van der Waals surface area contributed by atoms with Gasteiger partial charge in [0.15, 0.2) is 0 Å². The molecule has 2 heteroatoms. The number of benzene rings is 2. The van der Waals surface area contributed by atoms with Crippen molar-refractivity contribution in [2.45, 2.75) is 38.3 Å². The molecule has 2 bridgehead atoms. The van der Waals surface area contributed by atoms with Crippen LogP contribution in [0.3, 0.4) is 0 Å². The van der Waals surface area contributed by atoms with Gasteiger partial charge >= 0.3 is 0 Å². The minimum Gasteiger partial charge on any atom is -0.323 e. The number of hydrogen-bond acceptors (Lipinski definition) is 0. The molecule has 0 aromatic heterocycles. The van der Waals surface area contributed by atoms with Crippen LogP contribution in [0.5, 0.6) is 0 Å². The van der Waals surface area contributed by atoms with Crippen molar-refractivity contribution < 1.29 is 9.80 Å². The lowest BCUT2D eigenvalue weighted by molar-refractivity contribution is -1.03. The van der Waals surface area contributed by atoms with E-state index in [1.54, 1.807) is 17.7 Å². The Morgan fingerprint density at radius 2 is 1.67 bits per heavy atom. The van der Waals surface area contributed by atoms with E-state index in [-0.39, 0.29) is 0 Å². The average molecular weight is 322 g/mol. The van der Waals surface area contributed by atoms with Crippen molar-refractivity contribution in [3.63, 3.8) is 0 Å². The molecule has 2 aromatic rings. The molecule has 1 heterocycles. The van der Waals surface area contributed by atoms with Crippen LogP contribution in [0.2, 0.25) is 0 Å². The Balaban J connectivity index is 1.24. The van der Waals surface area contributed by atoms with Gasteiger partial charge in [-0.15, -0.1) is 0 Å². The van der Waals surface area contributed by atoms with E-state index in [1.807, 2.05) is 4.90 Å². The number of piperazine rings is 1. The fraction of sp³-hybridized carbons (Fsp3) is 0.545. The van der Waals surface area contributed by atoms with Gasteiger partial charge in [0.2, 0.25) is 0 Å². The van der Waals surface area contributed by atoms with Crippen molar-refractivity contribution in [1.82, 2.24) is 0 Å². The molecule has 0 spiro atoms. The van der Waals surface area contributed by atoms with Crippen LogP contribution in [0, 0.1) is 11.8 Å². The normalized spacial score (nSPS) is 35.6. The van der Waals surface area contributed by atoms with Gasteiger partial charge in [0.05, 0.1) is 6.04 Å².